The van der Waals surface area contributed by atoms with Crippen molar-refractivity contribution in [3.8, 4) is 0 Å². The molecule has 1 aliphatic heterocycles. The van der Waals surface area contributed by atoms with Gasteiger partial charge in [0.2, 0.25) is 0 Å². The lowest BCUT2D eigenvalue weighted by atomic mass is 9.71. The molecule has 164 valence electrons. The number of dihydropyridines is 1. The van der Waals surface area contributed by atoms with E-state index in [9.17, 15) is 0 Å². The third kappa shape index (κ3) is 5.78. The van der Waals surface area contributed by atoms with Crippen LogP contribution in [0.3, 0.4) is 0 Å². The zero-order valence-electron chi connectivity index (χ0n) is 20.5. The molecule has 0 aromatic heterocycles. The fraction of sp³-hybridized carbons (Fsp3) is 0.517. The van der Waals surface area contributed by atoms with E-state index in [-0.39, 0.29) is 11.3 Å². The minimum atomic E-state index is 0.175. The van der Waals surface area contributed by atoms with E-state index >= 15 is 0 Å². The van der Waals surface area contributed by atoms with E-state index < -0.39 is 0 Å². The molecule has 0 radical (unpaired) electrons. The molecule has 1 nitrogen and oxygen atoms in total. The number of hydrogen-bond acceptors (Lipinski definition) is 1. The highest BCUT2D eigenvalue weighted by molar-refractivity contribution is 5.59. The molecule has 1 heterocycles. The van der Waals surface area contributed by atoms with Crippen LogP contribution in [0.2, 0.25) is 0 Å². The molecule has 1 heteroatoms. The summed E-state index contributed by atoms with van der Waals surface area (Å²) < 4.78 is 0. The maximum atomic E-state index is 4.52. The van der Waals surface area contributed by atoms with Crippen molar-refractivity contribution in [3.63, 3.8) is 0 Å². The predicted octanol–water partition coefficient (Wildman–Crippen LogP) is 8.72. The highest BCUT2D eigenvalue weighted by Gasteiger charge is 2.33. The molecule has 0 aromatic carbocycles. The second-order valence-corrected chi connectivity index (χ2v) is 9.96. The smallest absolute Gasteiger partial charge is 0.0381 e. The SMILES string of the molecule is C=C(CCC)C1=C(C)NC(C)=C(C(=C)CCC)C1C1=C(/C=C/C(C)(C)C)CCC=C1. The van der Waals surface area contributed by atoms with Crippen LogP contribution in [0.1, 0.15) is 87.0 Å². The zero-order chi connectivity index (χ0) is 22.5. The Balaban J connectivity index is 2.72. The molecule has 0 aromatic rings. The van der Waals surface area contributed by atoms with Gasteiger partial charge >= 0.3 is 0 Å². The molecule has 0 unspecified atom stereocenters. The van der Waals surface area contributed by atoms with E-state index in [2.05, 4.69) is 91.2 Å². The van der Waals surface area contributed by atoms with Gasteiger partial charge in [0.1, 0.15) is 0 Å². The first-order valence-corrected chi connectivity index (χ1v) is 11.7. The monoisotopic (exact) mass is 405 g/mol. The van der Waals surface area contributed by atoms with Crippen molar-refractivity contribution in [3.05, 3.63) is 82.3 Å². The standard InChI is InChI=1S/C29H43N/c1-10-14-20(3)26-22(5)30-23(6)27(21(4)15-11-2)28(26)25-17-13-12-16-24(25)18-19-29(7,8)9/h13,17-19,28,30H,3-4,10-12,14-16H2,1-2,5-9H3/b19-18+. The van der Waals surface area contributed by atoms with Crippen LogP contribution in [0.25, 0.3) is 0 Å². The van der Waals surface area contributed by atoms with E-state index in [1.807, 2.05) is 0 Å². The van der Waals surface area contributed by atoms with Crippen molar-refractivity contribution in [1.29, 1.82) is 0 Å². The van der Waals surface area contributed by atoms with Gasteiger partial charge in [-0.3, -0.25) is 0 Å². The number of allylic oxidation sites excluding steroid dienone is 12. The van der Waals surface area contributed by atoms with E-state index in [4.69, 9.17) is 0 Å². The third-order valence-corrected chi connectivity index (χ3v) is 5.97. The van der Waals surface area contributed by atoms with Crippen LogP contribution in [0.4, 0.5) is 0 Å². The van der Waals surface area contributed by atoms with Crippen LogP contribution in [0, 0.1) is 11.3 Å². The molecule has 0 atom stereocenters. The van der Waals surface area contributed by atoms with Gasteiger partial charge in [0.15, 0.2) is 0 Å². The van der Waals surface area contributed by atoms with Gasteiger partial charge in [0.25, 0.3) is 0 Å². The number of hydrogen-bond donors (Lipinski definition) is 1. The van der Waals surface area contributed by atoms with Crippen molar-refractivity contribution in [1.82, 2.24) is 5.32 Å². The molecule has 1 aliphatic carbocycles. The molecule has 1 N–H and O–H groups in total. The van der Waals surface area contributed by atoms with Gasteiger partial charge in [0.05, 0.1) is 0 Å². The van der Waals surface area contributed by atoms with Crippen LogP contribution in [-0.2, 0) is 0 Å². The summed E-state index contributed by atoms with van der Waals surface area (Å²) in [5.74, 6) is 0.223. The molecule has 0 spiro atoms. The van der Waals surface area contributed by atoms with E-state index in [0.29, 0.717) is 0 Å². The summed E-state index contributed by atoms with van der Waals surface area (Å²) in [7, 11) is 0. The molecule has 0 bridgehead atoms. The maximum absolute atomic E-state index is 4.52. The summed E-state index contributed by atoms with van der Waals surface area (Å²) in [6.07, 6.45) is 16.0. The lowest BCUT2D eigenvalue weighted by molar-refractivity contribution is 0.543. The summed E-state index contributed by atoms with van der Waals surface area (Å²) >= 11 is 0. The van der Waals surface area contributed by atoms with Crippen LogP contribution in [0.15, 0.2) is 82.3 Å². The van der Waals surface area contributed by atoms with Crippen LogP contribution in [-0.4, -0.2) is 0 Å². The molecule has 0 fully saturated rings. The van der Waals surface area contributed by atoms with Gasteiger partial charge in [-0.05, 0) is 78.4 Å². The minimum absolute atomic E-state index is 0.175. The van der Waals surface area contributed by atoms with Gasteiger partial charge in [-0.2, -0.15) is 0 Å². The highest BCUT2D eigenvalue weighted by Crippen LogP contribution is 2.45. The lowest BCUT2D eigenvalue weighted by Gasteiger charge is -2.37. The van der Waals surface area contributed by atoms with Crippen molar-refractivity contribution in [2.24, 2.45) is 11.3 Å². The molecule has 0 amide bonds. The fourth-order valence-corrected chi connectivity index (χ4v) is 4.63. The van der Waals surface area contributed by atoms with Crippen molar-refractivity contribution in [2.75, 3.05) is 0 Å². The first-order chi connectivity index (χ1) is 14.1. The Morgan fingerprint density at radius 1 is 1.03 bits per heavy atom. The zero-order valence-corrected chi connectivity index (χ0v) is 20.5. The molecule has 2 rings (SSSR count). The van der Waals surface area contributed by atoms with Crippen LogP contribution in [0.5, 0.6) is 0 Å². The van der Waals surface area contributed by atoms with Crippen molar-refractivity contribution in [2.45, 2.75) is 87.0 Å². The van der Waals surface area contributed by atoms with E-state index in [1.54, 1.807) is 0 Å². The summed E-state index contributed by atoms with van der Waals surface area (Å²) in [4.78, 5) is 0. The average molecular weight is 406 g/mol. The van der Waals surface area contributed by atoms with E-state index in [0.717, 1.165) is 38.5 Å². The predicted molar refractivity (Wildman–Crippen MR) is 134 cm³/mol. The molecule has 30 heavy (non-hydrogen) atoms. The van der Waals surface area contributed by atoms with Gasteiger partial charge < -0.3 is 5.32 Å². The third-order valence-electron chi connectivity index (χ3n) is 5.97. The van der Waals surface area contributed by atoms with Crippen LogP contribution >= 0.6 is 0 Å². The molecule has 2 aliphatic rings. The molecular formula is C29H43N. The maximum Gasteiger partial charge on any atom is 0.0381 e. The normalized spacial score (nSPS) is 18.5. The van der Waals surface area contributed by atoms with Gasteiger partial charge in [0, 0.05) is 17.3 Å². The summed E-state index contributed by atoms with van der Waals surface area (Å²) in [6, 6.07) is 0. The van der Waals surface area contributed by atoms with E-state index in [1.165, 1.54) is 44.8 Å². The van der Waals surface area contributed by atoms with Crippen LogP contribution < -0.4 is 5.32 Å². The Kier molecular flexibility index (Phi) is 8.35. The van der Waals surface area contributed by atoms with Crippen molar-refractivity contribution < 1.29 is 0 Å². The highest BCUT2D eigenvalue weighted by atomic mass is 14.9. The van der Waals surface area contributed by atoms with Crippen molar-refractivity contribution >= 4 is 0 Å². The van der Waals surface area contributed by atoms with Gasteiger partial charge in [-0.25, -0.2) is 0 Å². The average Bonchev–Trinajstić information content (AvgIpc) is 2.65. The topological polar surface area (TPSA) is 12.0 Å². The second-order valence-electron chi connectivity index (χ2n) is 9.96. The Hall–Kier alpha value is -2.02. The number of rotatable bonds is 8. The molecule has 0 saturated heterocycles. The Labute approximate surface area is 186 Å². The quantitative estimate of drug-likeness (QED) is 0.425. The second kappa shape index (κ2) is 10.3. The minimum Gasteiger partial charge on any atom is -0.362 e. The lowest BCUT2D eigenvalue weighted by Crippen LogP contribution is -2.28. The Morgan fingerprint density at radius 2 is 1.57 bits per heavy atom. The summed E-state index contributed by atoms with van der Waals surface area (Å²) in [5.41, 5.74) is 10.8. The summed E-state index contributed by atoms with van der Waals surface area (Å²) in [5, 5.41) is 3.67. The Bertz CT molecular complexity index is 790. The molecule has 0 saturated carbocycles. The summed E-state index contributed by atoms with van der Waals surface area (Å²) in [6.45, 7) is 24.8. The largest absolute Gasteiger partial charge is 0.362 e. The van der Waals surface area contributed by atoms with Gasteiger partial charge in [-0.15, -0.1) is 0 Å². The molecular weight excluding hydrogens is 362 g/mol. The first kappa shape index (κ1) is 24.3. The number of nitrogens with one attached hydrogen (secondary N) is 1. The fourth-order valence-electron chi connectivity index (χ4n) is 4.63. The first-order valence-electron chi connectivity index (χ1n) is 11.7. The van der Waals surface area contributed by atoms with Gasteiger partial charge in [-0.1, -0.05) is 84.9 Å². The Morgan fingerprint density at radius 3 is 2.03 bits per heavy atom.